The average molecular weight is 416 g/mol. The molecule has 30 heavy (non-hydrogen) atoms. The monoisotopic (exact) mass is 415 g/mol. The Kier molecular flexibility index (Phi) is 10.7. The highest BCUT2D eigenvalue weighted by molar-refractivity contribution is 5.94. The third-order valence-corrected chi connectivity index (χ3v) is 5.56. The van der Waals surface area contributed by atoms with E-state index < -0.39 is 0 Å². The molecule has 0 saturated carbocycles. The first-order valence-electron chi connectivity index (χ1n) is 11.6. The van der Waals surface area contributed by atoms with E-state index in [2.05, 4.69) is 47.7 Å². The summed E-state index contributed by atoms with van der Waals surface area (Å²) in [6.07, 6.45) is 4.54. The van der Waals surface area contributed by atoms with Gasteiger partial charge >= 0.3 is 0 Å². The van der Waals surface area contributed by atoms with Crippen LogP contribution in [0.3, 0.4) is 0 Å². The van der Waals surface area contributed by atoms with Crippen LogP contribution in [0.1, 0.15) is 56.0 Å². The molecule has 2 rings (SSSR count). The molecule has 1 aliphatic rings. The quantitative estimate of drug-likeness (QED) is 0.312. The highest BCUT2D eigenvalue weighted by atomic mass is 16.1. The van der Waals surface area contributed by atoms with Gasteiger partial charge in [-0.05, 0) is 68.7 Å². The van der Waals surface area contributed by atoms with E-state index in [0.29, 0.717) is 5.56 Å². The number of guanidine groups is 1. The Labute approximate surface area is 182 Å². The highest BCUT2D eigenvalue weighted by Crippen LogP contribution is 2.20. The van der Waals surface area contributed by atoms with E-state index in [1.54, 1.807) is 7.05 Å². The topological polar surface area (TPSA) is 68.8 Å². The maximum Gasteiger partial charge on any atom is 0.251 e. The van der Waals surface area contributed by atoms with Crippen LogP contribution in [0.2, 0.25) is 0 Å². The molecule has 0 spiro atoms. The number of amides is 1. The van der Waals surface area contributed by atoms with E-state index in [1.165, 1.54) is 32.5 Å². The van der Waals surface area contributed by atoms with Crippen molar-refractivity contribution >= 4 is 11.9 Å². The number of nitrogens with zero attached hydrogens (tertiary/aromatic N) is 2. The minimum atomic E-state index is -0.0480. The molecule has 2 atom stereocenters. The molecule has 1 saturated heterocycles. The number of rotatable bonds is 10. The second-order valence-electron chi connectivity index (χ2n) is 8.63. The molecule has 168 valence electrons. The Morgan fingerprint density at radius 1 is 1.17 bits per heavy atom. The Morgan fingerprint density at radius 2 is 1.93 bits per heavy atom. The minimum Gasteiger partial charge on any atom is -0.357 e. The number of nitrogens with one attached hydrogen (secondary N) is 3. The summed E-state index contributed by atoms with van der Waals surface area (Å²) >= 11 is 0. The number of likely N-dealkylation sites (tertiary alicyclic amines) is 1. The molecule has 0 aromatic heterocycles. The normalized spacial score (nSPS) is 20.1. The number of carbonyl (C=O) groups is 1. The average Bonchev–Trinajstić information content (AvgIpc) is 2.72. The van der Waals surface area contributed by atoms with Crippen LogP contribution < -0.4 is 16.0 Å². The fraction of sp³-hybridized carbons (Fsp3) is 0.667. The number of hydrogen-bond donors (Lipinski definition) is 3. The van der Waals surface area contributed by atoms with Gasteiger partial charge in [-0.3, -0.25) is 9.79 Å². The highest BCUT2D eigenvalue weighted by Gasteiger charge is 2.20. The Balaban J connectivity index is 1.70. The number of aliphatic imine (C=N–C) groups is 1. The lowest BCUT2D eigenvalue weighted by atomic mass is 9.92. The van der Waals surface area contributed by atoms with Crippen LogP contribution in [0, 0.1) is 11.8 Å². The second kappa shape index (κ2) is 13.3. The summed E-state index contributed by atoms with van der Waals surface area (Å²) in [6.45, 7) is 13.0. The summed E-state index contributed by atoms with van der Waals surface area (Å²) in [5, 5.41) is 9.41. The molecule has 1 aromatic rings. The molecule has 3 N–H and O–H groups in total. The zero-order chi connectivity index (χ0) is 21.8. The van der Waals surface area contributed by atoms with Crippen molar-refractivity contribution < 1.29 is 4.79 Å². The summed E-state index contributed by atoms with van der Waals surface area (Å²) < 4.78 is 0. The standard InChI is InChI=1S/C24H41N5O/c1-5-26-24(27-12-6-7-14-29-17-19(2)15-20(3)18-29)28-13-11-21-9-8-10-22(16-21)23(30)25-4/h8-10,16,19-20H,5-7,11-15,17-18H2,1-4H3,(H,25,30)(H2,26,27,28). The third kappa shape index (κ3) is 8.74. The van der Waals surface area contributed by atoms with E-state index in [0.717, 1.165) is 55.8 Å². The van der Waals surface area contributed by atoms with E-state index in [4.69, 9.17) is 4.99 Å². The Morgan fingerprint density at radius 3 is 2.63 bits per heavy atom. The van der Waals surface area contributed by atoms with Crippen LogP contribution in [0.5, 0.6) is 0 Å². The van der Waals surface area contributed by atoms with Crippen LogP contribution in [0.25, 0.3) is 0 Å². The zero-order valence-electron chi connectivity index (χ0n) is 19.3. The van der Waals surface area contributed by atoms with Gasteiger partial charge in [0.05, 0.1) is 0 Å². The molecule has 1 aromatic carbocycles. The van der Waals surface area contributed by atoms with Gasteiger partial charge in [0, 0.05) is 45.3 Å². The van der Waals surface area contributed by atoms with Crippen molar-refractivity contribution in [3.63, 3.8) is 0 Å². The van der Waals surface area contributed by atoms with Crippen LogP contribution in [0.4, 0.5) is 0 Å². The molecule has 6 heteroatoms. The Bertz CT molecular complexity index is 665. The minimum absolute atomic E-state index is 0.0480. The predicted molar refractivity (Wildman–Crippen MR) is 126 cm³/mol. The molecular formula is C24H41N5O. The van der Waals surface area contributed by atoms with Crippen molar-refractivity contribution in [2.24, 2.45) is 16.8 Å². The fourth-order valence-corrected chi connectivity index (χ4v) is 4.29. The lowest BCUT2D eigenvalue weighted by Crippen LogP contribution is -2.39. The fourth-order valence-electron chi connectivity index (χ4n) is 4.29. The third-order valence-electron chi connectivity index (χ3n) is 5.56. The first kappa shape index (κ1) is 24.2. The van der Waals surface area contributed by atoms with Gasteiger partial charge in [-0.25, -0.2) is 0 Å². The summed E-state index contributed by atoms with van der Waals surface area (Å²) in [5.74, 6) is 2.48. The second-order valence-corrected chi connectivity index (χ2v) is 8.63. The van der Waals surface area contributed by atoms with Gasteiger partial charge in [0.1, 0.15) is 0 Å². The van der Waals surface area contributed by atoms with Gasteiger partial charge in [0.25, 0.3) is 5.91 Å². The number of carbonyl (C=O) groups excluding carboxylic acids is 1. The van der Waals surface area contributed by atoms with Gasteiger partial charge in [-0.1, -0.05) is 26.0 Å². The smallest absolute Gasteiger partial charge is 0.251 e. The number of piperidine rings is 1. The SMILES string of the molecule is CCNC(=NCCCCN1CC(C)CC(C)C1)NCCc1cccc(C(=O)NC)c1. The first-order valence-corrected chi connectivity index (χ1v) is 11.6. The zero-order valence-corrected chi connectivity index (χ0v) is 19.3. The maximum atomic E-state index is 11.8. The summed E-state index contributed by atoms with van der Waals surface area (Å²) in [4.78, 5) is 19.1. The van der Waals surface area contributed by atoms with Crippen LogP contribution >= 0.6 is 0 Å². The van der Waals surface area contributed by atoms with Crippen molar-refractivity contribution in [3.8, 4) is 0 Å². The summed E-state index contributed by atoms with van der Waals surface area (Å²) in [7, 11) is 1.66. The summed E-state index contributed by atoms with van der Waals surface area (Å²) in [5.41, 5.74) is 1.84. The van der Waals surface area contributed by atoms with Gasteiger partial charge in [-0.15, -0.1) is 0 Å². The molecule has 0 bridgehead atoms. The predicted octanol–water partition coefficient (Wildman–Crippen LogP) is 2.90. The van der Waals surface area contributed by atoms with Crippen LogP contribution in [-0.4, -0.2) is 63.1 Å². The van der Waals surface area contributed by atoms with E-state index in [1.807, 2.05) is 18.2 Å². The van der Waals surface area contributed by atoms with E-state index >= 15 is 0 Å². The number of unbranched alkanes of at least 4 members (excludes halogenated alkanes) is 1. The molecule has 0 radical (unpaired) electrons. The molecular weight excluding hydrogens is 374 g/mol. The van der Waals surface area contributed by atoms with Gasteiger partial charge in [-0.2, -0.15) is 0 Å². The van der Waals surface area contributed by atoms with Crippen molar-refractivity contribution in [2.75, 3.05) is 46.3 Å². The van der Waals surface area contributed by atoms with Gasteiger partial charge < -0.3 is 20.9 Å². The van der Waals surface area contributed by atoms with Crippen molar-refractivity contribution in [1.82, 2.24) is 20.9 Å². The van der Waals surface area contributed by atoms with Crippen LogP contribution in [0.15, 0.2) is 29.3 Å². The van der Waals surface area contributed by atoms with Crippen molar-refractivity contribution in [1.29, 1.82) is 0 Å². The largest absolute Gasteiger partial charge is 0.357 e. The molecule has 1 heterocycles. The van der Waals surface area contributed by atoms with Crippen molar-refractivity contribution in [3.05, 3.63) is 35.4 Å². The lowest BCUT2D eigenvalue weighted by molar-refractivity contribution is 0.0963. The van der Waals surface area contributed by atoms with E-state index in [-0.39, 0.29) is 5.91 Å². The maximum absolute atomic E-state index is 11.8. The van der Waals surface area contributed by atoms with Gasteiger partial charge in [0.15, 0.2) is 5.96 Å². The van der Waals surface area contributed by atoms with Crippen molar-refractivity contribution in [2.45, 2.75) is 46.5 Å². The van der Waals surface area contributed by atoms with Crippen LogP contribution in [-0.2, 0) is 6.42 Å². The number of hydrogen-bond acceptors (Lipinski definition) is 3. The van der Waals surface area contributed by atoms with E-state index in [9.17, 15) is 4.79 Å². The molecule has 1 aliphatic heterocycles. The molecule has 2 unspecified atom stereocenters. The Hall–Kier alpha value is -2.08. The molecule has 1 fully saturated rings. The number of benzene rings is 1. The summed E-state index contributed by atoms with van der Waals surface area (Å²) in [6, 6.07) is 7.78. The van der Waals surface area contributed by atoms with Gasteiger partial charge in [0.2, 0.25) is 0 Å². The first-order chi connectivity index (χ1) is 14.5. The molecule has 6 nitrogen and oxygen atoms in total. The molecule has 1 amide bonds. The molecule has 0 aliphatic carbocycles. The lowest BCUT2D eigenvalue weighted by Gasteiger charge is -2.34.